The largest absolute Gasteiger partial charge is 0.350 e. The highest BCUT2D eigenvalue weighted by Gasteiger charge is 2.32. The molecule has 2 aliphatic rings. The first-order chi connectivity index (χ1) is 8.70. The Labute approximate surface area is 112 Å². The molecule has 18 heavy (non-hydrogen) atoms. The Morgan fingerprint density at radius 1 is 1.11 bits per heavy atom. The molecule has 1 aliphatic carbocycles. The van der Waals surface area contributed by atoms with Crippen LogP contribution in [0.2, 0.25) is 0 Å². The average Bonchev–Trinajstić information content (AvgIpc) is 2.85. The summed E-state index contributed by atoms with van der Waals surface area (Å²) >= 11 is 0. The summed E-state index contributed by atoms with van der Waals surface area (Å²) in [7, 11) is 0. The van der Waals surface area contributed by atoms with Crippen molar-refractivity contribution >= 4 is 0 Å². The lowest BCUT2D eigenvalue weighted by Gasteiger charge is -2.37. The van der Waals surface area contributed by atoms with Crippen molar-refractivity contribution in [2.75, 3.05) is 19.8 Å². The number of rotatable bonds is 5. The van der Waals surface area contributed by atoms with E-state index < -0.39 is 0 Å². The average molecular weight is 255 g/mol. The summed E-state index contributed by atoms with van der Waals surface area (Å²) < 4.78 is 11.2. The standard InChI is InChI=1S/C15H29NO2/c1-4-16-14(10-15-17-7-8-18-15)13-6-5-11(2)12(3)9-13/h11-16H,4-10H2,1-3H3. The number of hydrogen-bond acceptors (Lipinski definition) is 3. The van der Waals surface area contributed by atoms with Crippen LogP contribution in [0.5, 0.6) is 0 Å². The van der Waals surface area contributed by atoms with Crippen LogP contribution in [0.1, 0.15) is 46.5 Å². The van der Waals surface area contributed by atoms with E-state index in [1.807, 2.05) is 0 Å². The molecule has 1 aliphatic heterocycles. The predicted octanol–water partition coefficient (Wildman–Crippen LogP) is 2.80. The van der Waals surface area contributed by atoms with E-state index in [9.17, 15) is 0 Å². The van der Waals surface area contributed by atoms with Gasteiger partial charge in [0.25, 0.3) is 0 Å². The van der Waals surface area contributed by atoms with Crippen molar-refractivity contribution < 1.29 is 9.47 Å². The zero-order valence-electron chi connectivity index (χ0n) is 12.2. The zero-order chi connectivity index (χ0) is 13.0. The van der Waals surface area contributed by atoms with Crippen molar-refractivity contribution in [1.82, 2.24) is 5.32 Å². The minimum Gasteiger partial charge on any atom is -0.350 e. The second kappa shape index (κ2) is 6.88. The fraction of sp³-hybridized carbons (Fsp3) is 1.00. The minimum absolute atomic E-state index is 0.0312. The van der Waals surface area contributed by atoms with E-state index in [0.717, 1.165) is 43.9 Å². The molecule has 1 saturated heterocycles. The molecule has 0 bridgehead atoms. The van der Waals surface area contributed by atoms with Crippen molar-refractivity contribution in [3.8, 4) is 0 Å². The Hall–Kier alpha value is -0.120. The third-order valence-corrected chi connectivity index (χ3v) is 4.81. The summed E-state index contributed by atoms with van der Waals surface area (Å²) in [6, 6.07) is 0.563. The monoisotopic (exact) mass is 255 g/mol. The van der Waals surface area contributed by atoms with E-state index in [1.165, 1.54) is 19.3 Å². The first-order valence-electron chi connectivity index (χ1n) is 7.67. The fourth-order valence-electron chi connectivity index (χ4n) is 3.41. The third kappa shape index (κ3) is 3.69. The Kier molecular flexibility index (Phi) is 5.46. The number of nitrogens with one attached hydrogen (secondary N) is 1. The van der Waals surface area contributed by atoms with E-state index in [0.29, 0.717) is 6.04 Å². The van der Waals surface area contributed by atoms with Gasteiger partial charge in [-0.25, -0.2) is 0 Å². The van der Waals surface area contributed by atoms with E-state index in [4.69, 9.17) is 9.47 Å². The second-order valence-electron chi connectivity index (χ2n) is 6.10. The summed E-state index contributed by atoms with van der Waals surface area (Å²) in [5.41, 5.74) is 0. The highest BCUT2D eigenvalue weighted by molar-refractivity contribution is 4.84. The van der Waals surface area contributed by atoms with Crippen LogP contribution >= 0.6 is 0 Å². The maximum atomic E-state index is 5.61. The van der Waals surface area contributed by atoms with Crippen molar-refractivity contribution in [2.45, 2.75) is 58.8 Å². The first-order valence-corrected chi connectivity index (χ1v) is 7.67. The molecule has 0 spiro atoms. The zero-order valence-corrected chi connectivity index (χ0v) is 12.2. The predicted molar refractivity (Wildman–Crippen MR) is 73.4 cm³/mol. The second-order valence-corrected chi connectivity index (χ2v) is 6.10. The van der Waals surface area contributed by atoms with Gasteiger partial charge in [-0.05, 0) is 37.1 Å². The van der Waals surface area contributed by atoms with Crippen molar-refractivity contribution in [1.29, 1.82) is 0 Å². The van der Waals surface area contributed by atoms with Crippen molar-refractivity contribution in [2.24, 2.45) is 17.8 Å². The minimum atomic E-state index is 0.0312. The molecule has 4 unspecified atom stereocenters. The van der Waals surface area contributed by atoms with Crippen LogP contribution in [-0.4, -0.2) is 32.1 Å². The molecule has 1 heterocycles. The number of hydrogen-bond donors (Lipinski definition) is 1. The van der Waals surface area contributed by atoms with Gasteiger partial charge >= 0.3 is 0 Å². The molecular formula is C15H29NO2. The van der Waals surface area contributed by atoms with Gasteiger partial charge in [-0.15, -0.1) is 0 Å². The van der Waals surface area contributed by atoms with Crippen LogP contribution in [-0.2, 0) is 9.47 Å². The van der Waals surface area contributed by atoms with Gasteiger partial charge < -0.3 is 14.8 Å². The summed E-state index contributed by atoms with van der Waals surface area (Å²) in [5.74, 6) is 2.54. The molecule has 0 aromatic carbocycles. The highest BCUT2D eigenvalue weighted by atomic mass is 16.7. The Morgan fingerprint density at radius 3 is 2.44 bits per heavy atom. The SMILES string of the molecule is CCNC(CC1OCCO1)C1CCC(C)C(C)C1. The molecule has 0 aromatic heterocycles. The van der Waals surface area contributed by atoms with Gasteiger partial charge in [-0.3, -0.25) is 0 Å². The van der Waals surface area contributed by atoms with Gasteiger partial charge in [0.05, 0.1) is 13.2 Å². The molecule has 1 saturated carbocycles. The fourth-order valence-corrected chi connectivity index (χ4v) is 3.41. The van der Waals surface area contributed by atoms with Crippen LogP contribution in [0.4, 0.5) is 0 Å². The molecule has 2 fully saturated rings. The molecule has 0 radical (unpaired) electrons. The van der Waals surface area contributed by atoms with Crippen LogP contribution < -0.4 is 5.32 Å². The maximum Gasteiger partial charge on any atom is 0.159 e. The van der Waals surface area contributed by atoms with E-state index in [2.05, 4.69) is 26.1 Å². The van der Waals surface area contributed by atoms with Gasteiger partial charge in [0.2, 0.25) is 0 Å². The summed E-state index contributed by atoms with van der Waals surface area (Å²) in [4.78, 5) is 0. The molecule has 1 N–H and O–H groups in total. The first kappa shape index (κ1) is 14.3. The lowest BCUT2D eigenvalue weighted by Crippen LogP contribution is -2.42. The third-order valence-electron chi connectivity index (χ3n) is 4.81. The van der Waals surface area contributed by atoms with Crippen LogP contribution in [0.15, 0.2) is 0 Å². The summed E-state index contributed by atoms with van der Waals surface area (Å²) in [6.07, 6.45) is 5.13. The van der Waals surface area contributed by atoms with Crippen molar-refractivity contribution in [3.05, 3.63) is 0 Å². The van der Waals surface area contributed by atoms with Gasteiger partial charge in [-0.1, -0.05) is 27.2 Å². The maximum absolute atomic E-state index is 5.61. The highest BCUT2D eigenvalue weighted by Crippen LogP contribution is 2.36. The van der Waals surface area contributed by atoms with E-state index >= 15 is 0 Å². The van der Waals surface area contributed by atoms with E-state index in [1.54, 1.807) is 0 Å². The Morgan fingerprint density at radius 2 is 1.83 bits per heavy atom. The van der Waals surface area contributed by atoms with Gasteiger partial charge in [0, 0.05) is 12.5 Å². The molecule has 3 heteroatoms. The smallest absolute Gasteiger partial charge is 0.159 e. The molecule has 3 nitrogen and oxygen atoms in total. The molecule has 0 amide bonds. The lowest BCUT2D eigenvalue weighted by atomic mass is 9.72. The van der Waals surface area contributed by atoms with Crippen LogP contribution in [0.3, 0.4) is 0 Å². The lowest BCUT2D eigenvalue weighted by molar-refractivity contribution is -0.0587. The quantitative estimate of drug-likeness (QED) is 0.819. The summed E-state index contributed by atoms with van der Waals surface area (Å²) in [6.45, 7) is 9.56. The van der Waals surface area contributed by atoms with E-state index in [-0.39, 0.29) is 6.29 Å². The normalized spacial score (nSPS) is 35.8. The van der Waals surface area contributed by atoms with Crippen molar-refractivity contribution in [3.63, 3.8) is 0 Å². The topological polar surface area (TPSA) is 30.5 Å². The molecular weight excluding hydrogens is 226 g/mol. The Bertz CT molecular complexity index is 241. The van der Waals surface area contributed by atoms with Gasteiger partial charge in [0.15, 0.2) is 6.29 Å². The summed E-state index contributed by atoms with van der Waals surface area (Å²) in [5, 5.41) is 3.65. The van der Waals surface area contributed by atoms with Gasteiger partial charge in [0.1, 0.15) is 0 Å². The molecule has 4 atom stereocenters. The van der Waals surface area contributed by atoms with Crippen LogP contribution in [0, 0.1) is 17.8 Å². The molecule has 0 aromatic rings. The molecule has 106 valence electrons. The van der Waals surface area contributed by atoms with Gasteiger partial charge in [-0.2, -0.15) is 0 Å². The number of ether oxygens (including phenoxy) is 2. The Balaban J connectivity index is 1.87. The van der Waals surface area contributed by atoms with Crippen LogP contribution in [0.25, 0.3) is 0 Å². The molecule has 2 rings (SSSR count).